The molecular weight excluding hydrogens is 246 g/mol. The number of aryl methyl sites for hydroxylation is 1. The molecule has 0 spiro atoms. The van der Waals surface area contributed by atoms with E-state index in [-0.39, 0.29) is 12.5 Å². The summed E-state index contributed by atoms with van der Waals surface area (Å²) in [6.45, 7) is 0.640. The zero-order valence-electron chi connectivity index (χ0n) is 10.4. The SMILES string of the molecule is Cn1cc(CNc2ccc3c(c2)NC(=O)CO3)nn1. The molecule has 7 heteroatoms. The summed E-state index contributed by atoms with van der Waals surface area (Å²) in [5, 5.41) is 13.8. The van der Waals surface area contributed by atoms with Gasteiger partial charge in [-0.1, -0.05) is 5.21 Å². The fourth-order valence-corrected chi connectivity index (χ4v) is 1.86. The van der Waals surface area contributed by atoms with Crippen molar-refractivity contribution in [1.82, 2.24) is 15.0 Å². The largest absolute Gasteiger partial charge is 0.482 e. The van der Waals surface area contributed by atoms with Crippen LogP contribution in [-0.2, 0) is 18.4 Å². The van der Waals surface area contributed by atoms with Gasteiger partial charge in [-0.3, -0.25) is 9.48 Å². The highest BCUT2D eigenvalue weighted by Gasteiger charge is 2.15. The van der Waals surface area contributed by atoms with E-state index in [9.17, 15) is 4.79 Å². The number of carbonyl (C=O) groups excluding carboxylic acids is 1. The molecule has 19 heavy (non-hydrogen) atoms. The van der Waals surface area contributed by atoms with Crippen LogP contribution in [0.1, 0.15) is 5.69 Å². The number of benzene rings is 1. The molecule has 2 aromatic rings. The first-order chi connectivity index (χ1) is 9.20. The molecule has 2 heterocycles. The highest BCUT2D eigenvalue weighted by molar-refractivity contribution is 5.95. The van der Waals surface area contributed by atoms with Crippen molar-refractivity contribution in [2.75, 3.05) is 17.2 Å². The van der Waals surface area contributed by atoms with Gasteiger partial charge in [-0.2, -0.15) is 0 Å². The molecule has 0 saturated carbocycles. The monoisotopic (exact) mass is 259 g/mol. The summed E-state index contributed by atoms with van der Waals surface area (Å²) < 4.78 is 6.94. The molecule has 98 valence electrons. The lowest BCUT2D eigenvalue weighted by Crippen LogP contribution is -2.25. The topological polar surface area (TPSA) is 81.1 Å². The number of ether oxygens (including phenoxy) is 1. The van der Waals surface area contributed by atoms with E-state index in [4.69, 9.17) is 4.74 Å². The summed E-state index contributed by atoms with van der Waals surface area (Å²) in [5.74, 6) is 0.545. The molecular formula is C12H13N5O2. The molecule has 0 radical (unpaired) electrons. The third-order valence-corrected chi connectivity index (χ3v) is 2.74. The van der Waals surface area contributed by atoms with Crippen molar-refractivity contribution in [3.63, 3.8) is 0 Å². The van der Waals surface area contributed by atoms with Gasteiger partial charge < -0.3 is 15.4 Å². The normalized spacial score (nSPS) is 13.4. The van der Waals surface area contributed by atoms with Gasteiger partial charge >= 0.3 is 0 Å². The number of aromatic nitrogens is 3. The quantitative estimate of drug-likeness (QED) is 0.850. The molecule has 0 atom stereocenters. The Balaban J connectivity index is 1.71. The first-order valence-electron chi connectivity index (χ1n) is 5.86. The number of nitrogens with zero attached hydrogens (tertiary/aromatic N) is 3. The van der Waals surface area contributed by atoms with Gasteiger partial charge in [0.15, 0.2) is 6.61 Å². The van der Waals surface area contributed by atoms with Crippen LogP contribution in [-0.4, -0.2) is 27.5 Å². The van der Waals surface area contributed by atoms with Crippen molar-refractivity contribution in [1.29, 1.82) is 0 Å². The van der Waals surface area contributed by atoms with E-state index in [0.29, 0.717) is 18.0 Å². The molecule has 1 aliphatic rings. The molecule has 0 bridgehead atoms. The zero-order valence-corrected chi connectivity index (χ0v) is 10.4. The Morgan fingerprint density at radius 3 is 3.21 bits per heavy atom. The molecule has 1 amide bonds. The van der Waals surface area contributed by atoms with Gasteiger partial charge in [-0.05, 0) is 18.2 Å². The Morgan fingerprint density at radius 1 is 1.53 bits per heavy atom. The van der Waals surface area contributed by atoms with E-state index in [1.165, 1.54) is 0 Å². The van der Waals surface area contributed by atoms with Crippen molar-refractivity contribution < 1.29 is 9.53 Å². The minimum absolute atomic E-state index is 0.0688. The molecule has 0 saturated heterocycles. The molecule has 0 unspecified atom stereocenters. The molecule has 7 nitrogen and oxygen atoms in total. The number of nitrogens with one attached hydrogen (secondary N) is 2. The molecule has 1 aromatic carbocycles. The number of amides is 1. The third kappa shape index (κ3) is 2.49. The molecule has 0 fully saturated rings. The van der Waals surface area contributed by atoms with Crippen LogP contribution in [0.2, 0.25) is 0 Å². The number of rotatable bonds is 3. The van der Waals surface area contributed by atoms with Crippen LogP contribution in [0.5, 0.6) is 5.75 Å². The van der Waals surface area contributed by atoms with E-state index in [2.05, 4.69) is 20.9 Å². The Morgan fingerprint density at radius 2 is 2.42 bits per heavy atom. The van der Waals surface area contributed by atoms with Gasteiger partial charge in [-0.15, -0.1) is 5.10 Å². The lowest BCUT2D eigenvalue weighted by Gasteiger charge is -2.18. The van der Waals surface area contributed by atoms with Crippen LogP contribution < -0.4 is 15.4 Å². The van der Waals surface area contributed by atoms with Crippen LogP contribution in [0.3, 0.4) is 0 Å². The fourth-order valence-electron chi connectivity index (χ4n) is 1.86. The standard InChI is InChI=1S/C12H13N5O2/c1-17-6-9(15-16-17)5-13-8-2-3-11-10(4-8)14-12(18)7-19-11/h2-4,6,13H,5,7H2,1H3,(H,14,18). The average molecular weight is 259 g/mol. The Hall–Kier alpha value is -2.57. The molecule has 3 rings (SSSR count). The van der Waals surface area contributed by atoms with Crippen LogP contribution >= 0.6 is 0 Å². The molecule has 1 aliphatic heterocycles. The lowest BCUT2D eigenvalue weighted by molar-refractivity contribution is -0.118. The van der Waals surface area contributed by atoms with E-state index in [1.807, 2.05) is 31.4 Å². The van der Waals surface area contributed by atoms with E-state index in [1.54, 1.807) is 4.68 Å². The summed E-state index contributed by atoms with van der Waals surface area (Å²) >= 11 is 0. The van der Waals surface area contributed by atoms with Crippen LogP contribution in [0.15, 0.2) is 24.4 Å². The Kier molecular flexibility index (Phi) is 2.79. The number of hydrogen-bond acceptors (Lipinski definition) is 5. The summed E-state index contributed by atoms with van der Waals surface area (Å²) in [5.41, 5.74) is 2.41. The van der Waals surface area contributed by atoms with Gasteiger partial charge in [0, 0.05) is 18.9 Å². The minimum Gasteiger partial charge on any atom is -0.482 e. The van der Waals surface area contributed by atoms with Gasteiger partial charge in [0.2, 0.25) is 0 Å². The van der Waals surface area contributed by atoms with Gasteiger partial charge in [0.05, 0.1) is 12.2 Å². The summed E-state index contributed by atoms with van der Waals surface area (Å²) in [4.78, 5) is 11.2. The van der Waals surface area contributed by atoms with Crippen molar-refractivity contribution in [3.05, 3.63) is 30.1 Å². The maximum Gasteiger partial charge on any atom is 0.262 e. The summed E-state index contributed by atoms with van der Waals surface area (Å²) in [6.07, 6.45) is 1.84. The van der Waals surface area contributed by atoms with Crippen molar-refractivity contribution >= 4 is 17.3 Å². The predicted molar refractivity (Wildman–Crippen MR) is 68.9 cm³/mol. The van der Waals surface area contributed by atoms with Gasteiger partial charge in [-0.25, -0.2) is 0 Å². The number of anilines is 2. The van der Waals surface area contributed by atoms with Crippen LogP contribution in [0, 0.1) is 0 Å². The first kappa shape index (κ1) is 11.5. The van der Waals surface area contributed by atoms with Crippen molar-refractivity contribution in [2.45, 2.75) is 6.54 Å². The maximum atomic E-state index is 11.2. The average Bonchev–Trinajstić information content (AvgIpc) is 2.81. The smallest absolute Gasteiger partial charge is 0.262 e. The Bertz CT molecular complexity index is 622. The van der Waals surface area contributed by atoms with Gasteiger partial charge in [0.25, 0.3) is 5.91 Å². The van der Waals surface area contributed by atoms with E-state index < -0.39 is 0 Å². The Labute approximate surface area is 109 Å². The summed E-state index contributed by atoms with van der Waals surface area (Å²) in [6, 6.07) is 5.56. The lowest BCUT2D eigenvalue weighted by atomic mass is 10.2. The number of hydrogen-bond donors (Lipinski definition) is 2. The molecule has 2 N–H and O–H groups in total. The maximum absolute atomic E-state index is 11.2. The zero-order chi connectivity index (χ0) is 13.2. The van der Waals surface area contributed by atoms with Gasteiger partial charge in [0.1, 0.15) is 11.4 Å². The second kappa shape index (κ2) is 4.60. The number of fused-ring (bicyclic) bond motifs is 1. The molecule has 0 aliphatic carbocycles. The minimum atomic E-state index is -0.140. The first-order valence-corrected chi connectivity index (χ1v) is 5.86. The highest BCUT2D eigenvalue weighted by Crippen LogP contribution is 2.30. The van der Waals surface area contributed by atoms with Crippen molar-refractivity contribution in [3.8, 4) is 5.75 Å². The van der Waals surface area contributed by atoms with Crippen LogP contribution in [0.4, 0.5) is 11.4 Å². The predicted octanol–water partition coefficient (Wildman–Crippen LogP) is 0.758. The van der Waals surface area contributed by atoms with E-state index >= 15 is 0 Å². The van der Waals surface area contributed by atoms with Crippen LogP contribution in [0.25, 0.3) is 0 Å². The fraction of sp³-hybridized carbons (Fsp3) is 0.250. The second-order valence-corrected chi connectivity index (χ2v) is 4.28. The van der Waals surface area contributed by atoms with Crippen molar-refractivity contribution in [2.24, 2.45) is 7.05 Å². The summed E-state index contributed by atoms with van der Waals surface area (Å²) in [7, 11) is 1.82. The highest BCUT2D eigenvalue weighted by atomic mass is 16.5. The molecule has 1 aromatic heterocycles. The third-order valence-electron chi connectivity index (χ3n) is 2.74. The van der Waals surface area contributed by atoms with E-state index in [0.717, 1.165) is 11.4 Å². The number of carbonyl (C=O) groups is 1. The second-order valence-electron chi connectivity index (χ2n) is 4.28.